The number of rotatable bonds is 2. The van der Waals surface area contributed by atoms with Gasteiger partial charge >= 0.3 is 6.18 Å². The molecule has 0 unspecified atom stereocenters. The predicted molar refractivity (Wildman–Crippen MR) is 107 cm³/mol. The molecule has 0 radical (unpaired) electrons. The van der Waals surface area contributed by atoms with Crippen molar-refractivity contribution in [1.82, 2.24) is 19.2 Å². The molecule has 5 rings (SSSR count). The molecule has 0 amide bonds. The Kier molecular flexibility index (Phi) is 4.14. The van der Waals surface area contributed by atoms with Gasteiger partial charge in [0.05, 0.1) is 23.3 Å². The van der Waals surface area contributed by atoms with Crippen molar-refractivity contribution >= 4 is 44.8 Å². The van der Waals surface area contributed by atoms with Gasteiger partial charge in [0.1, 0.15) is 4.70 Å². The largest absolute Gasteiger partial charge is 0.416 e. The van der Waals surface area contributed by atoms with Gasteiger partial charge in [-0.05, 0) is 29.6 Å². The van der Waals surface area contributed by atoms with E-state index in [1.807, 2.05) is 20.7 Å². The maximum atomic E-state index is 13.2. The van der Waals surface area contributed by atoms with E-state index in [0.717, 1.165) is 16.7 Å². The lowest BCUT2D eigenvalue weighted by atomic mass is 10.1. The molecule has 29 heavy (non-hydrogen) atoms. The number of hydrogen-bond acceptors (Lipinski definition) is 6. The molecule has 0 fully saturated rings. The maximum Gasteiger partial charge on any atom is 0.416 e. The van der Waals surface area contributed by atoms with Gasteiger partial charge in [-0.1, -0.05) is 0 Å². The summed E-state index contributed by atoms with van der Waals surface area (Å²) in [5.41, 5.74) is 0.441. The normalized spacial score (nSPS) is 14.7. The topological polar surface area (TPSA) is 55.4 Å². The first-order chi connectivity index (χ1) is 13.8. The first-order valence-corrected chi connectivity index (χ1v) is 10.6. The first kappa shape index (κ1) is 18.5. The Labute approximate surface area is 170 Å². The molecule has 1 aliphatic rings. The summed E-state index contributed by atoms with van der Waals surface area (Å²) in [6, 6.07) is 5.67. The third-order valence-corrected chi connectivity index (χ3v) is 6.91. The van der Waals surface area contributed by atoms with Crippen molar-refractivity contribution < 1.29 is 13.2 Å². The summed E-state index contributed by atoms with van der Waals surface area (Å²) < 4.78 is 43.5. The molecular weight excluding hydrogens is 423 g/mol. The number of aryl methyl sites for hydroxylation is 1. The van der Waals surface area contributed by atoms with Gasteiger partial charge in [0, 0.05) is 24.2 Å². The molecule has 1 aromatic carbocycles. The number of fused-ring (bicyclic) bond motifs is 4. The summed E-state index contributed by atoms with van der Waals surface area (Å²) in [5, 5.41) is 10.2. The molecule has 4 aromatic rings. The first-order valence-electron chi connectivity index (χ1n) is 8.74. The second kappa shape index (κ2) is 6.49. The predicted octanol–water partition coefficient (Wildman–Crippen LogP) is 3.77. The van der Waals surface area contributed by atoms with Crippen LogP contribution in [0.4, 0.5) is 18.9 Å². The van der Waals surface area contributed by atoms with Crippen LogP contribution < -0.4 is 10.5 Å². The highest BCUT2D eigenvalue weighted by Gasteiger charge is 2.32. The van der Waals surface area contributed by atoms with E-state index in [1.165, 1.54) is 28.0 Å². The maximum absolute atomic E-state index is 13.2. The minimum Gasteiger partial charge on any atom is -0.362 e. The van der Waals surface area contributed by atoms with Crippen molar-refractivity contribution in [2.75, 3.05) is 17.2 Å². The number of hydrogen-bond donors (Lipinski definition) is 0. The smallest absolute Gasteiger partial charge is 0.362 e. The average molecular weight is 437 g/mol. The van der Waals surface area contributed by atoms with Crippen LogP contribution in [0, 0.1) is 0 Å². The van der Waals surface area contributed by atoms with Crippen LogP contribution in [0.2, 0.25) is 0 Å². The Balaban J connectivity index is 1.62. The Hall–Kier alpha value is -2.53. The van der Waals surface area contributed by atoms with Crippen LogP contribution in [0.1, 0.15) is 11.4 Å². The highest BCUT2D eigenvalue weighted by molar-refractivity contribution is 7.99. The zero-order valence-electron chi connectivity index (χ0n) is 15.1. The van der Waals surface area contributed by atoms with Crippen molar-refractivity contribution in [2.45, 2.75) is 17.6 Å². The van der Waals surface area contributed by atoms with Gasteiger partial charge in [-0.25, -0.2) is 0 Å². The summed E-state index contributed by atoms with van der Waals surface area (Å²) in [6.07, 6.45) is -4.40. The van der Waals surface area contributed by atoms with Crippen LogP contribution in [0.5, 0.6) is 0 Å². The number of nitrogens with zero attached hydrogens (tertiary/aromatic N) is 5. The average Bonchev–Trinajstić information content (AvgIpc) is 3.32. The highest BCUT2D eigenvalue weighted by atomic mass is 32.2. The zero-order valence-corrected chi connectivity index (χ0v) is 16.7. The minimum atomic E-state index is -4.40. The van der Waals surface area contributed by atoms with E-state index in [0.29, 0.717) is 40.6 Å². The van der Waals surface area contributed by atoms with E-state index in [2.05, 4.69) is 10.2 Å². The van der Waals surface area contributed by atoms with Crippen LogP contribution in [-0.4, -0.2) is 31.5 Å². The second-order valence-corrected chi connectivity index (χ2v) is 8.75. The van der Waals surface area contributed by atoms with Crippen LogP contribution in [0.15, 0.2) is 39.3 Å². The SMILES string of the molecule is Cn1c(=O)c2sccc2n2c(CN3CCSc4ccc(C(F)(F)F)cc43)nnc12. The van der Waals surface area contributed by atoms with Gasteiger partial charge in [0.2, 0.25) is 5.78 Å². The molecule has 0 spiro atoms. The number of thiophene rings is 1. The van der Waals surface area contributed by atoms with Crippen molar-refractivity contribution in [3.63, 3.8) is 0 Å². The van der Waals surface area contributed by atoms with Gasteiger partial charge < -0.3 is 4.90 Å². The number of anilines is 1. The molecule has 150 valence electrons. The van der Waals surface area contributed by atoms with E-state index < -0.39 is 11.7 Å². The third kappa shape index (κ3) is 2.91. The monoisotopic (exact) mass is 437 g/mol. The van der Waals surface area contributed by atoms with Crippen LogP contribution in [0.3, 0.4) is 0 Å². The quantitative estimate of drug-likeness (QED) is 0.478. The Morgan fingerprint density at radius 2 is 2.03 bits per heavy atom. The summed E-state index contributed by atoms with van der Waals surface area (Å²) in [6.45, 7) is 0.881. The molecular formula is C18H14F3N5OS2. The molecule has 0 saturated heterocycles. The van der Waals surface area contributed by atoms with Gasteiger partial charge in [-0.3, -0.25) is 13.8 Å². The van der Waals surface area contributed by atoms with Gasteiger partial charge in [0.15, 0.2) is 5.82 Å². The van der Waals surface area contributed by atoms with E-state index >= 15 is 0 Å². The minimum absolute atomic E-state index is 0.143. The molecule has 1 aliphatic heterocycles. The van der Waals surface area contributed by atoms with E-state index in [9.17, 15) is 18.0 Å². The van der Waals surface area contributed by atoms with E-state index in [4.69, 9.17) is 0 Å². The summed E-state index contributed by atoms with van der Waals surface area (Å²) in [7, 11) is 1.64. The molecule has 4 heterocycles. The fourth-order valence-electron chi connectivity index (χ4n) is 3.54. The van der Waals surface area contributed by atoms with E-state index in [1.54, 1.807) is 18.8 Å². The fourth-order valence-corrected chi connectivity index (χ4v) is 5.42. The lowest BCUT2D eigenvalue weighted by Gasteiger charge is -2.31. The number of aromatic nitrogens is 4. The summed E-state index contributed by atoms with van der Waals surface area (Å²) in [5.74, 6) is 1.75. The lowest BCUT2D eigenvalue weighted by molar-refractivity contribution is -0.137. The van der Waals surface area contributed by atoms with Crippen molar-refractivity contribution in [2.24, 2.45) is 7.05 Å². The van der Waals surface area contributed by atoms with Crippen molar-refractivity contribution in [3.05, 3.63) is 51.4 Å². The van der Waals surface area contributed by atoms with Crippen molar-refractivity contribution in [1.29, 1.82) is 0 Å². The number of alkyl halides is 3. The molecule has 11 heteroatoms. The lowest BCUT2D eigenvalue weighted by Crippen LogP contribution is -2.30. The molecule has 0 N–H and O–H groups in total. The van der Waals surface area contributed by atoms with Crippen molar-refractivity contribution in [3.8, 4) is 0 Å². The Morgan fingerprint density at radius 3 is 2.83 bits per heavy atom. The summed E-state index contributed by atoms with van der Waals surface area (Å²) in [4.78, 5) is 15.2. The Morgan fingerprint density at radius 1 is 1.21 bits per heavy atom. The van der Waals surface area contributed by atoms with Crippen LogP contribution in [-0.2, 0) is 19.8 Å². The highest BCUT2D eigenvalue weighted by Crippen LogP contribution is 2.40. The second-order valence-electron chi connectivity index (χ2n) is 6.70. The number of thioether (sulfide) groups is 1. The number of benzene rings is 1. The van der Waals surface area contributed by atoms with Gasteiger partial charge in [-0.2, -0.15) is 13.2 Å². The standard InChI is InChI=1S/C18H14F3N5OS2/c1-24-16(27)15-11(4-6-29-15)26-14(22-23-17(24)26)9-25-5-7-28-13-3-2-10(8-12(13)25)18(19,20)21/h2-4,6,8H,5,7,9H2,1H3. The summed E-state index contributed by atoms with van der Waals surface area (Å²) >= 11 is 2.88. The van der Waals surface area contributed by atoms with Crippen LogP contribution in [0.25, 0.3) is 16.0 Å². The Bertz CT molecular complexity index is 1310. The third-order valence-electron chi connectivity index (χ3n) is 4.98. The van der Waals surface area contributed by atoms with E-state index in [-0.39, 0.29) is 5.56 Å². The fraction of sp³-hybridized carbons (Fsp3) is 0.278. The van der Waals surface area contributed by atoms with Gasteiger partial charge in [-0.15, -0.1) is 33.3 Å². The van der Waals surface area contributed by atoms with Crippen LogP contribution >= 0.6 is 23.1 Å². The number of halogens is 3. The molecule has 6 nitrogen and oxygen atoms in total. The molecule has 0 bridgehead atoms. The molecule has 0 saturated carbocycles. The zero-order chi connectivity index (χ0) is 20.3. The van der Waals surface area contributed by atoms with Gasteiger partial charge in [0.25, 0.3) is 5.56 Å². The molecule has 0 aliphatic carbocycles. The molecule has 0 atom stereocenters. The molecule has 3 aromatic heterocycles.